The highest BCUT2D eigenvalue weighted by Gasteiger charge is 2.25. The predicted octanol–water partition coefficient (Wildman–Crippen LogP) is 2.42. The van der Waals surface area contributed by atoms with E-state index in [4.69, 9.17) is 15.4 Å². The minimum absolute atomic E-state index is 0.222. The fourth-order valence-corrected chi connectivity index (χ4v) is 3.56. The summed E-state index contributed by atoms with van der Waals surface area (Å²) in [6.07, 6.45) is 1.52. The standard InChI is InChI=1S/C12H12BrClFNO4S/c13-7-4-9(11(15)10(5-7)21(14,18)19)12(17)16-8-2-1-3-20-6-8/h4-5,8H,1-3,6H2,(H,16,17). The van der Waals surface area contributed by atoms with Crippen molar-refractivity contribution in [2.75, 3.05) is 13.2 Å². The van der Waals surface area contributed by atoms with Gasteiger partial charge in [-0.3, -0.25) is 4.79 Å². The Morgan fingerprint density at radius 3 is 2.76 bits per heavy atom. The normalized spacial score (nSPS) is 19.3. The van der Waals surface area contributed by atoms with E-state index >= 15 is 0 Å². The molecule has 0 saturated carbocycles. The van der Waals surface area contributed by atoms with Crippen LogP contribution in [0.25, 0.3) is 0 Å². The molecular weight excluding hydrogens is 389 g/mol. The number of ether oxygens (including phenoxy) is 1. The number of benzene rings is 1. The van der Waals surface area contributed by atoms with E-state index < -0.39 is 25.7 Å². The third-order valence-electron chi connectivity index (χ3n) is 3.01. The first-order valence-corrected chi connectivity index (χ1v) is 9.21. The molecule has 0 spiro atoms. The molecule has 5 nitrogen and oxygen atoms in total. The molecule has 1 heterocycles. The van der Waals surface area contributed by atoms with Crippen LogP contribution in [0, 0.1) is 5.82 Å². The van der Waals surface area contributed by atoms with Gasteiger partial charge in [0.05, 0.1) is 18.2 Å². The van der Waals surface area contributed by atoms with Crippen LogP contribution >= 0.6 is 26.6 Å². The van der Waals surface area contributed by atoms with Crippen molar-refractivity contribution < 1.29 is 22.3 Å². The molecule has 0 aliphatic carbocycles. The van der Waals surface area contributed by atoms with Crippen molar-refractivity contribution in [3.05, 3.63) is 28.0 Å². The summed E-state index contributed by atoms with van der Waals surface area (Å²) in [5.41, 5.74) is -0.380. The lowest BCUT2D eigenvalue weighted by Gasteiger charge is -2.23. The quantitative estimate of drug-likeness (QED) is 0.791. The summed E-state index contributed by atoms with van der Waals surface area (Å²) in [6, 6.07) is 2.00. The fraction of sp³-hybridized carbons (Fsp3) is 0.417. The first kappa shape index (κ1) is 16.7. The van der Waals surface area contributed by atoms with Crippen LogP contribution in [0.5, 0.6) is 0 Å². The summed E-state index contributed by atoms with van der Waals surface area (Å²) in [7, 11) is 0.881. The van der Waals surface area contributed by atoms with Crippen molar-refractivity contribution in [3.63, 3.8) is 0 Å². The van der Waals surface area contributed by atoms with Gasteiger partial charge in [0.25, 0.3) is 15.0 Å². The maximum Gasteiger partial charge on any atom is 0.264 e. The molecule has 9 heteroatoms. The van der Waals surface area contributed by atoms with Crippen LogP contribution in [0.2, 0.25) is 0 Å². The molecule has 21 heavy (non-hydrogen) atoms. The van der Waals surface area contributed by atoms with Crippen LogP contribution in [-0.4, -0.2) is 33.6 Å². The van der Waals surface area contributed by atoms with Gasteiger partial charge in [0.15, 0.2) is 5.82 Å². The molecule has 1 aliphatic heterocycles. The molecule has 1 amide bonds. The topological polar surface area (TPSA) is 72.5 Å². The van der Waals surface area contributed by atoms with Gasteiger partial charge in [0.2, 0.25) is 0 Å². The predicted molar refractivity (Wildman–Crippen MR) is 78.4 cm³/mol. The van der Waals surface area contributed by atoms with Crippen molar-refractivity contribution in [2.24, 2.45) is 0 Å². The highest BCUT2D eigenvalue weighted by Crippen LogP contribution is 2.26. The van der Waals surface area contributed by atoms with E-state index in [0.717, 1.165) is 18.9 Å². The molecule has 1 saturated heterocycles. The summed E-state index contributed by atoms with van der Waals surface area (Å²) in [6.45, 7) is 0.980. The Kier molecular flexibility index (Phi) is 5.24. The fourth-order valence-electron chi connectivity index (χ4n) is 2.02. The van der Waals surface area contributed by atoms with Crippen molar-refractivity contribution in [1.29, 1.82) is 0 Å². The number of carbonyl (C=O) groups excluding carboxylic acids is 1. The Morgan fingerprint density at radius 2 is 2.19 bits per heavy atom. The van der Waals surface area contributed by atoms with E-state index in [-0.39, 0.29) is 16.1 Å². The highest BCUT2D eigenvalue weighted by atomic mass is 79.9. The van der Waals surface area contributed by atoms with E-state index in [1.165, 1.54) is 6.07 Å². The number of rotatable bonds is 3. The van der Waals surface area contributed by atoms with E-state index in [0.29, 0.717) is 13.2 Å². The Labute approximate surface area is 134 Å². The van der Waals surface area contributed by atoms with Crippen LogP contribution in [0.15, 0.2) is 21.5 Å². The van der Waals surface area contributed by atoms with Crippen LogP contribution in [0.1, 0.15) is 23.2 Å². The summed E-state index contributed by atoms with van der Waals surface area (Å²) in [5, 5.41) is 2.62. The lowest BCUT2D eigenvalue weighted by atomic mass is 10.1. The minimum atomic E-state index is -4.28. The van der Waals surface area contributed by atoms with Crippen molar-refractivity contribution in [1.82, 2.24) is 5.32 Å². The molecule has 1 N–H and O–H groups in total. The van der Waals surface area contributed by atoms with Gasteiger partial charge in [-0.15, -0.1) is 0 Å². The van der Waals surface area contributed by atoms with Crippen molar-refractivity contribution >= 4 is 41.6 Å². The summed E-state index contributed by atoms with van der Waals surface area (Å²) < 4.78 is 42.3. The van der Waals surface area contributed by atoms with Gasteiger partial charge in [0.1, 0.15) is 4.90 Å². The molecule has 116 valence electrons. The van der Waals surface area contributed by atoms with E-state index in [1.54, 1.807) is 0 Å². The summed E-state index contributed by atoms with van der Waals surface area (Å²) in [5.74, 6) is -1.87. The molecule has 1 aromatic rings. The second kappa shape index (κ2) is 6.60. The number of hydrogen-bond donors (Lipinski definition) is 1. The monoisotopic (exact) mass is 399 g/mol. The van der Waals surface area contributed by atoms with E-state index in [9.17, 15) is 17.6 Å². The third kappa shape index (κ3) is 4.15. The van der Waals surface area contributed by atoms with Gasteiger partial charge < -0.3 is 10.1 Å². The lowest BCUT2D eigenvalue weighted by molar-refractivity contribution is 0.0622. The second-order valence-corrected chi connectivity index (χ2v) is 8.04. The molecule has 0 radical (unpaired) electrons. The summed E-state index contributed by atoms with van der Waals surface area (Å²) >= 11 is 3.04. The average Bonchev–Trinajstić information content (AvgIpc) is 2.40. The SMILES string of the molecule is O=C(NC1CCCOC1)c1cc(Br)cc(S(=O)(=O)Cl)c1F. The zero-order valence-corrected chi connectivity index (χ0v) is 13.9. The molecule has 0 bridgehead atoms. The molecule has 1 atom stereocenters. The summed E-state index contributed by atoms with van der Waals surface area (Å²) in [4.78, 5) is 11.4. The zero-order chi connectivity index (χ0) is 15.6. The molecule has 1 aromatic carbocycles. The molecular formula is C12H12BrClFNO4S. The zero-order valence-electron chi connectivity index (χ0n) is 10.7. The van der Waals surface area contributed by atoms with Crippen LogP contribution < -0.4 is 5.32 Å². The largest absolute Gasteiger partial charge is 0.379 e. The molecule has 2 rings (SSSR count). The second-order valence-electron chi connectivity index (χ2n) is 4.59. The van der Waals surface area contributed by atoms with Crippen LogP contribution in [-0.2, 0) is 13.8 Å². The third-order valence-corrected chi connectivity index (χ3v) is 4.79. The van der Waals surface area contributed by atoms with E-state index in [2.05, 4.69) is 21.2 Å². The molecule has 0 aromatic heterocycles. The van der Waals surface area contributed by atoms with Crippen molar-refractivity contribution in [3.8, 4) is 0 Å². The Balaban J connectivity index is 2.30. The van der Waals surface area contributed by atoms with Gasteiger partial charge in [-0.1, -0.05) is 15.9 Å². The maximum atomic E-state index is 14.2. The first-order valence-electron chi connectivity index (χ1n) is 6.11. The maximum absolute atomic E-state index is 14.2. The smallest absolute Gasteiger partial charge is 0.264 e. The number of nitrogens with one attached hydrogen (secondary N) is 1. The Bertz CT molecular complexity index is 661. The average molecular weight is 401 g/mol. The molecule has 1 fully saturated rings. The van der Waals surface area contributed by atoms with Gasteiger partial charge in [-0.25, -0.2) is 12.8 Å². The van der Waals surface area contributed by atoms with Gasteiger partial charge in [0, 0.05) is 21.8 Å². The van der Waals surface area contributed by atoms with Crippen molar-refractivity contribution in [2.45, 2.75) is 23.8 Å². The Morgan fingerprint density at radius 1 is 1.48 bits per heavy atom. The van der Waals surface area contributed by atoms with Gasteiger partial charge in [-0.2, -0.15) is 0 Å². The number of carbonyl (C=O) groups is 1. The first-order chi connectivity index (χ1) is 9.79. The number of hydrogen-bond acceptors (Lipinski definition) is 4. The number of halogens is 3. The minimum Gasteiger partial charge on any atom is -0.379 e. The van der Waals surface area contributed by atoms with Crippen LogP contribution in [0.3, 0.4) is 0 Å². The number of amides is 1. The lowest BCUT2D eigenvalue weighted by Crippen LogP contribution is -2.41. The van der Waals surface area contributed by atoms with Gasteiger partial charge >= 0.3 is 0 Å². The van der Waals surface area contributed by atoms with Crippen LogP contribution in [0.4, 0.5) is 4.39 Å². The molecule has 1 aliphatic rings. The van der Waals surface area contributed by atoms with Gasteiger partial charge in [-0.05, 0) is 25.0 Å². The van der Waals surface area contributed by atoms with E-state index in [1.807, 2.05) is 0 Å². The Hall–Kier alpha value is -0.700. The molecule has 1 unspecified atom stereocenters. The highest BCUT2D eigenvalue weighted by molar-refractivity contribution is 9.10.